The Morgan fingerprint density at radius 3 is 2.62 bits per heavy atom. The first-order valence-electron chi connectivity index (χ1n) is 13.3. The minimum Gasteiger partial charge on any atom is -0.483 e. The van der Waals surface area contributed by atoms with Gasteiger partial charge in [-0.25, -0.2) is 0 Å². The minimum absolute atomic E-state index is 0.110. The molecule has 0 spiro atoms. The zero-order valence-electron chi connectivity index (χ0n) is 22.1. The SMILES string of the molecule is CCC(C)c1ccccc1OCC(=O)Nc1cccc(Oc2ccc3c(c2)C(=O)N(CC2CCCO2)C3=O)c1. The Bertz CT molecular complexity index is 1380. The highest BCUT2D eigenvalue weighted by molar-refractivity contribution is 6.21. The molecule has 2 aliphatic rings. The molecule has 0 saturated carbocycles. The molecule has 2 atom stereocenters. The molecule has 0 aliphatic carbocycles. The number of amides is 3. The van der Waals surface area contributed by atoms with Crippen molar-refractivity contribution >= 4 is 23.4 Å². The maximum Gasteiger partial charge on any atom is 0.262 e. The van der Waals surface area contributed by atoms with Gasteiger partial charge >= 0.3 is 0 Å². The van der Waals surface area contributed by atoms with Crippen molar-refractivity contribution < 1.29 is 28.6 Å². The van der Waals surface area contributed by atoms with Crippen LogP contribution in [0, 0.1) is 0 Å². The Balaban J connectivity index is 1.21. The molecule has 3 amide bonds. The van der Waals surface area contributed by atoms with Crippen molar-refractivity contribution in [3.8, 4) is 17.2 Å². The number of rotatable bonds is 10. The standard InChI is InChI=1S/C31H32N2O6/c1-3-20(2)25-11-4-5-12-28(25)38-19-29(34)32-21-8-6-9-22(16-21)39-23-13-14-26-27(17-23)31(36)33(30(26)35)18-24-10-7-15-37-24/h4-6,8-9,11-14,16-17,20,24H,3,7,10,15,18-19H2,1-2H3,(H,32,34). The fraction of sp³-hybridized carbons (Fsp3) is 0.323. The number of hydrogen-bond donors (Lipinski definition) is 1. The van der Waals surface area contributed by atoms with Crippen molar-refractivity contribution in [3.63, 3.8) is 0 Å². The molecule has 0 radical (unpaired) electrons. The molecular weight excluding hydrogens is 496 g/mol. The molecule has 39 heavy (non-hydrogen) atoms. The highest BCUT2D eigenvalue weighted by atomic mass is 16.5. The van der Waals surface area contributed by atoms with Gasteiger partial charge < -0.3 is 19.5 Å². The van der Waals surface area contributed by atoms with Crippen LogP contribution in [0.4, 0.5) is 5.69 Å². The molecule has 1 N–H and O–H groups in total. The first-order chi connectivity index (χ1) is 18.9. The van der Waals surface area contributed by atoms with Crippen LogP contribution >= 0.6 is 0 Å². The number of nitrogens with zero attached hydrogens (tertiary/aromatic N) is 1. The average molecular weight is 529 g/mol. The summed E-state index contributed by atoms with van der Waals surface area (Å²) in [6.45, 7) is 5.04. The van der Waals surface area contributed by atoms with Crippen LogP contribution in [-0.2, 0) is 9.53 Å². The molecule has 1 saturated heterocycles. The number of ether oxygens (including phenoxy) is 3. The number of imide groups is 1. The maximum atomic E-state index is 12.9. The molecule has 202 valence electrons. The third-order valence-electron chi connectivity index (χ3n) is 7.13. The van der Waals surface area contributed by atoms with Gasteiger partial charge in [0.15, 0.2) is 6.61 Å². The monoisotopic (exact) mass is 528 g/mol. The Labute approximate surface area is 227 Å². The van der Waals surface area contributed by atoms with E-state index in [1.165, 1.54) is 4.90 Å². The van der Waals surface area contributed by atoms with Gasteiger partial charge in [0.2, 0.25) is 0 Å². The van der Waals surface area contributed by atoms with Crippen molar-refractivity contribution in [2.45, 2.75) is 45.1 Å². The maximum absolute atomic E-state index is 12.9. The summed E-state index contributed by atoms with van der Waals surface area (Å²) in [6.07, 6.45) is 2.64. The first kappa shape index (κ1) is 26.4. The number of hydrogen-bond acceptors (Lipinski definition) is 6. The topological polar surface area (TPSA) is 94.2 Å². The van der Waals surface area contributed by atoms with Gasteiger partial charge in [0, 0.05) is 18.4 Å². The lowest BCUT2D eigenvalue weighted by Crippen LogP contribution is -2.36. The van der Waals surface area contributed by atoms with Crippen LogP contribution in [0.2, 0.25) is 0 Å². The predicted octanol–water partition coefficient (Wildman–Crippen LogP) is 5.78. The normalized spacial score (nSPS) is 17.2. The van der Waals surface area contributed by atoms with Crippen molar-refractivity contribution in [1.29, 1.82) is 0 Å². The van der Waals surface area contributed by atoms with Gasteiger partial charge in [-0.3, -0.25) is 19.3 Å². The number of para-hydroxylation sites is 1. The quantitative estimate of drug-likeness (QED) is 0.335. The summed E-state index contributed by atoms with van der Waals surface area (Å²) >= 11 is 0. The van der Waals surface area contributed by atoms with Gasteiger partial charge in [-0.15, -0.1) is 0 Å². The molecular formula is C31H32N2O6. The Morgan fingerprint density at radius 2 is 1.82 bits per heavy atom. The van der Waals surface area contributed by atoms with Crippen LogP contribution in [0.1, 0.15) is 65.3 Å². The van der Waals surface area contributed by atoms with Crippen LogP contribution in [-0.4, -0.2) is 48.5 Å². The van der Waals surface area contributed by atoms with E-state index >= 15 is 0 Å². The van der Waals surface area contributed by atoms with E-state index in [-0.39, 0.29) is 37.0 Å². The van der Waals surface area contributed by atoms with E-state index in [1.807, 2.05) is 24.3 Å². The lowest BCUT2D eigenvalue weighted by Gasteiger charge is -2.17. The average Bonchev–Trinajstić information content (AvgIpc) is 3.54. The van der Waals surface area contributed by atoms with Crippen molar-refractivity contribution in [2.24, 2.45) is 0 Å². The largest absolute Gasteiger partial charge is 0.483 e. The molecule has 1 fully saturated rings. The highest BCUT2D eigenvalue weighted by Gasteiger charge is 2.37. The summed E-state index contributed by atoms with van der Waals surface area (Å²) in [5.74, 6) is 0.987. The van der Waals surface area contributed by atoms with Gasteiger partial charge in [-0.1, -0.05) is 38.1 Å². The summed E-state index contributed by atoms with van der Waals surface area (Å²) < 4.78 is 17.4. The van der Waals surface area contributed by atoms with E-state index in [4.69, 9.17) is 14.2 Å². The Morgan fingerprint density at radius 1 is 1.03 bits per heavy atom. The third kappa shape index (κ3) is 5.96. The number of nitrogens with one attached hydrogen (secondary N) is 1. The molecule has 8 nitrogen and oxygen atoms in total. The van der Waals surface area contributed by atoms with E-state index in [2.05, 4.69) is 19.2 Å². The number of fused-ring (bicyclic) bond motifs is 1. The van der Waals surface area contributed by atoms with Crippen LogP contribution in [0.3, 0.4) is 0 Å². The van der Waals surface area contributed by atoms with Gasteiger partial charge in [0.25, 0.3) is 17.7 Å². The predicted molar refractivity (Wildman–Crippen MR) is 147 cm³/mol. The minimum atomic E-state index is -0.341. The van der Waals surface area contributed by atoms with E-state index in [9.17, 15) is 14.4 Å². The highest BCUT2D eigenvalue weighted by Crippen LogP contribution is 2.32. The van der Waals surface area contributed by atoms with Crippen molar-refractivity contribution in [2.75, 3.05) is 25.1 Å². The molecule has 2 unspecified atom stereocenters. The molecule has 2 heterocycles. The van der Waals surface area contributed by atoms with Crippen LogP contribution < -0.4 is 14.8 Å². The molecule has 8 heteroatoms. The molecule has 2 aliphatic heterocycles. The summed E-state index contributed by atoms with van der Waals surface area (Å²) in [4.78, 5) is 39.6. The van der Waals surface area contributed by atoms with Gasteiger partial charge in [-0.2, -0.15) is 0 Å². The molecule has 5 rings (SSSR count). The Kier molecular flexibility index (Phi) is 7.93. The van der Waals surface area contributed by atoms with Gasteiger partial charge in [0.05, 0.1) is 23.8 Å². The second-order valence-corrected chi connectivity index (χ2v) is 9.88. The second kappa shape index (κ2) is 11.7. The fourth-order valence-corrected chi connectivity index (χ4v) is 4.84. The molecule has 3 aromatic rings. The molecule has 0 aromatic heterocycles. The van der Waals surface area contributed by atoms with E-state index in [0.29, 0.717) is 46.6 Å². The van der Waals surface area contributed by atoms with E-state index < -0.39 is 0 Å². The van der Waals surface area contributed by atoms with Gasteiger partial charge in [-0.05, 0) is 67.1 Å². The molecule has 3 aromatic carbocycles. The van der Waals surface area contributed by atoms with Gasteiger partial charge in [0.1, 0.15) is 17.2 Å². The zero-order valence-corrected chi connectivity index (χ0v) is 22.1. The number of carbonyl (C=O) groups excluding carboxylic acids is 3. The summed E-state index contributed by atoms with van der Waals surface area (Å²) in [6, 6.07) is 19.6. The first-order valence-corrected chi connectivity index (χ1v) is 13.3. The lowest BCUT2D eigenvalue weighted by molar-refractivity contribution is -0.118. The van der Waals surface area contributed by atoms with Crippen molar-refractivity contribution in [3.05, 3.63) is 83.4 Å². The summed E-state index contributed by atoms with van der Waals surface area (Å²) in [5.41, 5.74) is 2.30. The van der Waals surface area contributed by atoms with Crippen molar-refractivity contribution in [1.82, 2.24) is 4.90 Å². The Hall–Kier alpha value is -4.17. The lowest BCUT2D eigenvalue weighted by atomic mass is 9.98. The summed E-state index contributed by atoms with van der Waals surface area (Å²) in [7, 11) is 0. The number of carbonyl (C=O) groups is 3. The van der Waals surface area contributed by atoms with E-state index in [1.54, 1.807) is 42.5 Å². The van der Waals surface area contributed by atoms with Crippen LogP contribution in [0.5, 0.6) is 17.2 Å². The smallest absolute Gasteiger partial charge is 0.262 e. The van der Waals surface area contributed by atoms with E-state index in [0.717, 1.165) is 24.8 Å². The molecule has 0 bridgehead atoms. The van der Waals surface area contributed by atoms with Crippen LogP contribution in [0.25, 0.3) is 0 Å². The second-order valence-electron chi connectivity index (χ2n) is 9.88. The number of anilines is 1. The van der Waals surface area contributed by atoms with Crippen LogP contribution in [0.15, 0.2) is 66.7 Å². The third-order valence-corrected chi connectivity index (χ3v) is 7.13. The fourth-order valence-electron chi connectivity index (χ4n) is 4.84. The zero-order chi connectivity index (χ0) is 27.4. The number of benzene rings is 3. The summed E-state index contributed by atoms with van der Waals surface area (Å²) in [5, 5.41) is 2.83.